The lowest BCUT2D eigenvalue weighted by Crippen LogP contribution is -2.17. The molecule has 0 spiro atoms. The van der Waals surface area contributed by atoms with Gasteiger partial charge in [0.15, 0.2) is 17.9 Å². The minimum Gasteiger partial charge on any atom is -0.504 e. The molecule has 3 aromatic rings. The zero-order valence-corrected chi connectivity index (χ0v) is 14.8. The number of phenols is 1. The topological polar surface area (TPSA) is 53.4 Å². The lowest BCUT2D eigenvalue weighted by molar-refractivity contribution is 0.112. The van der Waals surface area contributed by atoms with E-state index in [0.29, 0.717) is 17.5 Å². The van der Waals surface area contributed by atoms with Gasteiger partial charge in [-0.2, -0.15) is 0 Å². The fourth-order valence-corrected chi connectivity index (χ4v) is 4.02. The van der Waals surface area contributed by atoms with E-state index in [1.54, 1.807) is 0 Å². The Kier molecular flexibility index (Phi) is 4.42. The molecule has 4 rings (SSSR count). The standard InChI is InChI=1S/C20H17FN2O2S/c21-17-10-14(9-15(11-24)19(17)25)18-12-26-20(22-18)13-3-5-16(6-4-13)23-7-1-2-8-23/h3-6,9-12,25H,1-2,7-8H2. The summed E-state index contributed by atoms with van der Waals surface area (Å²) in [6, 6.07) is 10.9. The van der Waals surface area contributed by atoms with Crippen LogP contribution in [0.15, 0.2) is 41.8 Å². The van der Waals surface area contributed by atoms with Gasteiger partial charge in [0.1, 0.15) is 5.01 Å². The highest BCUT2D eigenvalue weighted by Gasteiger charge is 2.15. The fraction of sp³-hybridized carbons (Fsp3) is 0.200. The van der Waals surface area contributed by atoms with Crippen LogP contribution in [0.25, 0.3) is 21.8 Å². The molecule has 0 bridgehead atoms. The molecule has 0 atom stereocenters. The van der Waals surface area contributed by atoms with Gasteiger partial charge in [0.25, 0.3) is 0 Å². The summed E-state index contributed by atoms with van der Waals surface area (Å²) in [6.07, 6.45) is 2.92. The number of thiazole rings is 1. The number of anilines is 1. The van der Waals surface area contributed by atoms with Crippen LogP contribution in [0.2, 0.25) is 0 Å². The summed E-state index contributed by atoms with van der Waals surface area (Å²) >= 11 is 1.46. The number of hydrogen-bond donors (Lipinski definition) is 1. The van der Waals surface area contributed by atoms with Crippen LogP contribution in [-0.2, 0) is 0 Å². The Bertz CT molecular complexity index is 947. The van der Waals surface area contributed by atoms with Crippen LogP contribution in [0, 0.1) is 5.82 Å². The third kappa shape index (κ3) is 3.08. The second-order valence-corrected chi connectivity index (χ2v) is 7.15. The molecule has 0 aliphatic carbocycles. The van der Waals surface area contributed by atoms with Crippen molar-refractivity contribution in [3.8, 4) is 27.6 Å². The van der Waals surface area contributed by atoms with Crippen molar-refractivity contribution < 1.29 is 14.3 Å². The first-order valence-electron chi connectivity index (χ1n) is 8.44. The Labute approximate surface area is 154 Å². The van der Waals surface area contributed by atoms with Gasteiger partial charge in [0.05, 0.1) is 11.3 Å². The molecule has 132 valence electrons. The summed E-state index contributed by atoms with van der Waals surface area (Å²) in [5.41, 5.74) is 3.19. The summed E-state index contributed by atoms with van der Waals surface area (Å²) in [5, 5.41) is 12.2. The number of benzene rings is 2. The zero-order chi connectivity index (χ0) is 18.1. The number of phenolic OH excluding ortho intramolecular Hbond substituents is 1. The van der Waals surface area contributed by atoms with Gasteiger partial charge in [-0.3, -0.25) is 4.79 Å². The Morgan fingerprint density at radius 3 is 2.54 bits per heavy atom. The van der Waals surface area contributed by atoms with Crippen molar-refractivity contribution in [1.29, 1.82) is 0 Å². The van der Waals surface area contributed by atoms with E-state index in [1.807, 2.05) is 17.5 Å². The summed E-state index contributed by atoms with van der Waals surface area (Å²) in [5.74, 6) is -1.45. The van der Waals surface area contributed by atoms with E-state index in [9.17, 15) is 14.3 Å². The molecular weight excluding hydrogens is 351 g/mol. The van der Waals surface area contributed by atoms with Crippen molar-refractivity contribution in [3.05, 3.63) is 53.2 Å². The van der Waals surface area contributed by atoms with Crippen LogP contribution in [0.5, 0.6) is 5.75 Å². The van der Waals surface area contributed by atoms with Crippen LogP contribution < -0.4 is 4.90 Å². The van der Waals surface area contributed by atoms with Gasteiger partial charge in [0.2, 0.25) is 0 Å². The first kappa shape index (κ1) is 16.7. The number of aromatic hydroxyl groups is 1. The average molecular weight is 368 g/mol. The molecule has 1 fully saturated rings. The Hall–Kier alpha value is -2.73. The van der Waals surface area contributed by atoms with Crippen LogP contribution in [0.1, 0.15) is 23.2 Å². The van der Waals surface area contributed by atoms with Gasteiger partial charge in [-0.1, -0.05) is 0 Å². The number of aldehydes is 1. The Morgan fingerprint density at radius 2 is 1.85 bits per heavy atom. The lowest BCUT2D eigenvalue weighted by atomic mass is 10.1. The van der Waals surface area contributed by atoms with Gasteiger partial charge in [-0.15, -0.1) is 11.3 Å². The van der Waals surface area contributed by atoms with Crippen molar-refractivity contribution in [2.75, 3.05) is 18.0 Å². The molecule has 4 nitrogen and oxygen atoms in total. The molecule has 1 aliphatic rings. The number of nitrogens with zero attached hydrogens (tertiary/aromatic N) is 2. The second-order valence-electron chi connectivity index (χ2n) is 6.29. The predicted octanol–water partition coefficient (Wildman–Crippen LogP) is 4.73. The molecular formula is C20H17FN2O2S. The summed E-state index contributed by atoms with van der Waals surface area (Å²) in [4.78, 5) is 17.9. The van der Waals surface area contributed by atoms with Gasteiger partial charge in [0, 0.05) is 35.3 Å². The maximum Gasteiger partial charge on any atom is 0.166 e. The number of hydrogen-bond acceptors (Lipinski definition) is 5. The third-order valence-corrected chi connectivity index (χ3v) is 5.50. The molecule has 6 heteroatoms. The number of carbonyl (C=O) groups excluding carboxylic acids is 1. The first-order valence-corrected chi connectivity index (χ1v) is 9.32. The van der Waals surface area contributed by atoms with E-state index in [0.717, 1.165) is 23.7 Å². The highest BCUT2D eigenvalue weighted by molar-refractivity contribution is 7.13. The van der Waals surface area contributed by atoms with E-state index in [4.69, 9.17) is 0 Å². The predicted molar refractivity (Wildman–Crippen MR) is 101 cm³/mol. The minimum atomic E-state index is -0.825. The molecule has 1 aliphatic heterocycles. The van der Waals surface area contributed by atoms with Crippen LogP contribution >= 0.6 is 11.3 Å². The minimum absolute atomic E-state index is 0.0792. The Morgan fingerprint density at radius 1 is 1.12 bits per heavy atom. The molecule has 2 heterocycles. The normalized spacial score (nSPS) is 14.0. The van der Waals surface area contributed by atoms with Crippen molar-refractivity contribution in [2.45, 2.75) is 12.8 Å². The number of carbonyl (C=O) groups is 1. The molecule has 2 aromatic carbocycles. The van der Waals surface area contributed by atoms with E-state index < -0.39 is 11.6 Å². The van der Waals surface area contributed by atoms with Crippen molar-refractivity contribution >= 4 is 23.3 Å². The van der Waals surface area contributed by atoms with Gasteiger partial charge >= 0.3 is 0 Å². The van der Waals surface area contributed by atoms with Gasteiger partial charge in [-0.05, 0) is 49.2 Å². The third-order valence-electron chi connectivity index (χ3n) is 4.61. The molecule has 1 saturated heterocycles. The zero-order valence-electron chi connectivity index (χ0n) is 14.0. The molecule has 26 heavy (non-hydrogen) atoms. The second kappa shape index (κ2) is 6.88. The van der Waals surface area contributed by atoms with Crippen molar-refractivity contribution in [2.24, 2.45) is 0 Å². The number of halogens is 1. The molecule has 1 aromatic heterocycles. The SMILES string of the molecule is O=Cc1cc(-c2csc(-c3ccc(N4CCCC4)cc3)n2)cc(F)c1O. The summed E-state index contributed by atoms with van der Waals surface area (Å²) in [6.45, 7) is 2.21. The van der Waals surface area contributed by atoms with Crippen molar-refractivity contribution in [3.63, 3.8) is 0 Å². The summed E-state index contributed by atoms with van der Waals surface area (Å²) in [7, 11) is 0. The fourth-order valence-electron chi connectivity index (χ4n) is 3.19. The van der Waals surface area contributed by atoms with Crippen LogP contribution in [0.4, 0.5) is 10.1 Å². The monoisotopic (exact) mass is 368 g/mol. The quantitative estimate of drug-likeness (QED) is 0.676. The van der Waals surface area contributed by atoms with Crippen LogP contribution in [0.3, 0.4) is 0 Å². The molecule has 0 radical (unpaired) electrons. The number of aromatic nitrogens is 1. The molecule has 0 unspecified atom stereocenters. The first-order chi connectivity index (χ1) is 12.7. The number of rotatable bonds is 4. The maximum absolute atomic E-state index is 13.8. The Balaban J connectivity index is 1.62. The van der Waals surface area contributed by atoms with E-state index >= 15 is 0 Å². The average Bonchev–Trinajstić information content (AvgIpc) is 3.36. The highest BCUT2D eigenvalue weighted by Crippen LogP contribution is 2.33. The largest absolute Gasteiger partial charge is 0.504 e. The highest BCUT2D eigenvalue weighted by atomic mass is 32.1. The van der Waals surface area contributed by atoms with E-state index in [1.165, 1.54) is 42.0 Å². The smallest absolute Gasteiger partial charge is 0.166 e. The van der Waals surface area contributed by atoms with Gasteiger partial charge in [-0.25, -0.2) is 9.37 Å². The lowest BCUT2D eigenvalue weighted by Gasteiger charge is -2.17. The van der Waals surface area contributed by atoms with Crippen molar-refractivity contribution in [1.82, 2.24) is 4.98 Å². The van der Waals surface area contributed by atoms with E-state index in [-0.39, 0.29) is 5.56 Å². The molecule has 0 saturated carbocycles. The van der Waals surface area contributed by atoms with Gasteiger partial charge < -0.3 is 10.0 Å². The van der Waals surface area contributed by atoms with Crippen LogP contribution in [-0.4, -0.2) is 29.5 Å². The van der Waals surface area contributed by atoms with E-state index in [2.05, 4.69) is 22.0 Å². The maximum atomic E-state index is 13.8. The summed E-state index contributed by atoms with van der Waals surface area (Å²) < 4.78 is 13.8. The molecule has 0 amide bonds. The molecule has 1 N–H and O–H groups in total.